The van der Waals surface area contributed by atoms with Gasteiger partial charge in [0.15, 0.2) is 5.41 Å². The van der Waals surface area contributed by atoms with Crippen LogP contribution in [0.1, 0.15) is 40.5 Å². The summed E-state index contributed by atoms with van der Waals surface area (Å²) in [5.74, 6) is -2.03. The summed E-state index contributed by atoms with van der Waals surface area (Å²) in [7, 11) is -1.69. The quantitative estimate of drug-likeness (QED) is 0.351. The fourth-order valence-corrected chi connectivity index (χ4v) is 4.82. The Balaban J connectivity index is 3.30. The van der Waals surface area contributed by atoms with Crippen LogP contribution in [0, 0.1) is 16.7 Å². The molecule has 7 nitrogen and oxygen atoms in total. The van der Waals surface area contributed by atoms with Crippen molar-refractivity contribution in [2.45, 2.75) is 40.5 Å². The lowest BCUT2D eigenvalue weighted by Crippen LogP contribution is -2.39. The lowest BCUT2D eigenvalue weighted by molar-refractivity contribution is -0.169. The van der Waals surface area contributed by atoms with Crippen molar-refractivity contribution in [3.8, 4) is 0 Å². The van der Waals surface area contributed by atoms with Crippen LogP contribution in [0.3, 0.4) is 0 Å². The van der Waals surface area contributed by atoms with E-state index in [4.69, 9.17) is 18.5 Å². The van der Waals surface area contributed by atoms with Gasteiger partial charge in [-0.25, -0.2) is 0 Å². The maximum absolute atomic E-state index is 14.8. The molecule has 0 spiro atoms. The molecule has 0 aromatic heterocycles. The highest BCUT2D eigenvalue weighted by Gasteiger charge is 2.60. The maximum atomic E-state index is 14.8. The number of rotatable bonds is 8. The zero-order valence-electron chi connectivity index (χ0n) is 16.2. The van der Waals surface area contributed by atoms with Gasteiger partial charge in [-0.2, -0.15) is 4.39 Å². The Kier molecular flexibility index (Phi) is 7.57. The van der Waals surface area contributed by atoms with E-state index in [0.29, 0.717) is 0 Å². The van der Waals surface area contributed by atoms with Gasteiger partial charge in [0.25, 0.3) is 0 Å². The van der Waals surface area contributed by atoms with Gasteiger partial charge in [-0.1, -0.05) is 13.8 Å². The van der Waals surface area contributed by atoms with Gasteiger partial charge in [-0.3, -0.25) is 14.2 Å². The summed E-state index contributed by atoms with van der Waals surface area (Å²) in [4.78, 5) is 24.6. The van der Waals surface area contributed by atoms with Crippen LogP contribution in [-0.2, 0) is 32.7 Å². The molecule has 0 heterocycles. The number of allylic oxidation sites excluding steroid dienone is 1. The summed E-state index contributed by atoms with van der Waals surface area (Å²) in [6.07, 6.45) is 1.23. The van der Waals surface area contributed by atoms with Gasteiger partial charge < -0.3 is 18.5 Å². The molecule has 0 radical (unpaired) electrons. The monoisotopic (exact) mass is 394 g/mol. The molecular weight excluding hydrogens is 366 g/mol. The molecule has 0 aromatic rings. The number of hydrogen-bond donors (Lipinski definition) is 0. The van der Waals surface area contributed by atoms with Crippen molar-refractivity contribution in [3.63, 3.8) is 0 Å². The second-order valence-corrected chi connectivity index (χ2v) is 8.80. The molecule has 150 valence electrons. The third-order valence-electron chi connectivity index (χ3n) is 4.68. The van der Waals surface area contributed by atoms with Crippen molar-refractivity contribution in [1.82, 2.24) is 0 Å². The number of carbonyl (C=O) groups excluding carboxylic acids is 2. The molecule has 0 N–H and O–H groups in total. The second-order valence-electron chi connectivity index (χ2n) is 6.86. The average molecular weight is 394 g/mol. The van der Waals surface area contributed by atoms with Crippen molar-refractivity contribution in [2.75, 3.05) is 27.4 Å². The summed E-state index contributed by atoms with van der Waals surface area (Å²) in [5.41, 5.74) is -3.21. The normalized spacial score (nSPS) is 22.1. The Morgan fingerprint density at radius 3 is 1.96 bits per heavy atom. The molecule has 1 aliphatic rings. The van der Waals surface area contributed by atoms with Crippen molar-refractivity contribution >= 4 is 19.5 Å². The highest BCUT2D eigenvalue weighted by atomic mass is 31.2. The Hall–Kier alpha value is -1.24. The van der Waals surface area contributed by atoms with E-state index in [9.17, 15) is 18.5 Å². The first-order valence-electron chi connectivity index (χ1n) is 8.46. The van der Waals surface area contributed by atoms with Gasteiger partial charge in [-0.05, 0) is 44.1 Å². The third kappa shape index (κ3) is 4.35. The highest BCUT2D eigenvalue weighted by Crippen LogP contribution is 2.60. The minimum Gasteiger partial charge on any atom is -0.468 e. The van der Waals surface area contributed by atoms with Gasteiger partial charge in [0.05, 0.1) is 27.4 Å². The van der Waals surface area contributed by atoms with Crippen LogP contribution in [0.15, 0.2) is 11.6 Å². The minimum absolute atomic E-state index is 0.0147. The van der Waals surface area contributed by atoms with E-state index in [1.807, 2.05) is 0 Å². The topological polar surface area (TPSA) is 88.1 Å². The molecule has 0 bridgehead atoms. The van der Waals surface area contributed by atoms with E-state index in [0.717, 1.165) is 6.08 Å². The minimum atomic E-state index is -4.06. The van der Waals surface area contributed by atoms with Crippen LogP contribution in [0.2, 0.25) is 0 Å². The molecule has 0 saturated heterocycles. The van der Waals surface area contributed by atoms with E-state index < -0.39 is 41.9 Å². The number of hydrogen-bond acceptors (Lipinski definition) is 7. The highest BCUT2D eigenvalue weighted by molar-refractivity contribution is 7.58. The number of halogens is 1. The van der Waals surface area contributed by atoms with Crippen LogP contribution in [-0.4, -0.2) is 39.4 Å². The van der Waals surface area contributed by atoms with Gasteiger partial charge in [0.1, 0.15) is 0 Å². The van der Waals surface area contributed by atoms with Crippen LogP contribution in [0.4, 0.5) is 4.39 Å². The van der Waals surface area contributed by atoms with E-state index in [1.165, 1.54) is 14.2 Å². The summed E-state index contributed by atoms with van der Waals surface area (Å²) < 4.78 is 46.9. The molecule has 9 heteroatoms. The molecule has 1 fully saturated rings. The fraction of sp³-hybridized carbons (Fsp3) is 0.765. The first-order chi connectivity index (χ1) is 12.0. The largest absolute Gasteiger partial charge is 0.468 e. The number of ether oxygens (including phenoxy) is 2. The molecule has 0 aliphatic heterocycles. The number of esters is 2. The molecule has 1 atom stereocenters. The molecule has 1 rings (SSSR count). The van der Waals surface area contributed by atoms with Crippen molar-refractivity contribution in [1.29, 1.82) is 0 Å². The summed E-state index contributed by atoms with van der Waals surface area (Å²) in [5, 5.41) is 0. The van der Waals surface area contributed by atoms with Crippen molar-refractivity contribution in [2.24, 2.45) is 16.7 Å². The second kappa shape index (κ2) is 8.63. The number of methoxy groups -OCH3 is 2. The zero-order chi connectivity index (χ0) is 20.2. The smallest absolute Gasteiger partial charge is 0.389 e. The van der Waals surface area contributed by atoms with Crippen molar-refractivity contribution in [3.05, 3.63) is 11.6 Å². The maximum Gasteiger partial charge on any atom is 0.389 e. The van der Waals surface area contributed by atoms with Gasteiger partial charge in [0.2, 0.25) is 5.57 Å². The van der Waals surface area contributed by atoms with Crippen LogP contribution in [0.5, 0.6) is 0 Å². The lowest BCUT2D eigenvalue weighted by Gasteiger charge is -2.26. The first kappa shape index (κ1) is 22.8. The fourth-order valence-electron chi connectivity index (χ4n) is 3.46. The SMILES string of the molecule is CCOP(=O)(OCC)/C(F)=C/C1CC(C(=O)OC)(C(=O)OC)CC1(C)C. The molecule has 0 amide bonds. The summed E-state index contributed by atoms with van der Waals surface area (Å²) in [6, 6.07) is 0. The van der Waals surface area contributed by atoms with Crippen LogP contribution >= 0.6 is 7.60 Å². The average Bonchev–Trinajstić information content (AvgIpc) is 2.85. The van der Waals surface area contributed by atoms with Gasteiger partial charge in [0, 0.05) is 0 Å². The predicted molar refractivity (Wildman–Crippen MR) is 93.0 cm³/mol. The van der Waals surface area contributed by atoms with Gasteiger partial charge in [-0.15, -0.1) is 0 Å². The Bertz CT molecular complexity index is 588. The standard InChI is InChI=1S/C17H28FO7P/c1-7-24-26(21,25-8-2)13(18)9-12-10-17(14(19)22-5,15(20)23-6)11-16(12,3)4/h9,12H,7-8,10-11H2,1-6H3/b13-9+. The Labute approximate surface area is 153 Å². The summed E-state index contributed by atoms with van der Waals surface area (Å²) in [6.45, 7) is 6.78. The van der Waals surface area contributed by atoms with Crippen LogP contribution in [0.25, 0.3) is 0 Å². The van der Waals surface area contributed by atoms with Crippen molar-refractivity contribution < 1.29 is 37.1 Å². The number of carbonyl (C=O) groups is 2. The molecule has 1 unspecified atom stereocenters. The van der Waals surface area contributed by atoms with E-state index in [2.05, 4.69) is 0 Å². The van der Waals surface area contributed by atoms with Gasteiger partial charge >= 0.3 is 19.5 Å². The Morgan fingerprint density at radius 1 is 1.12 bits per heavy atom. The van der Waals surface area contributed by atoms with Crippen LogP contribution < -0.4 is 0 Å². The third-order valence-corrected chi connectivity index (χ3v) is 6.55. The zero-order valence-corrected chi connectivity index (χ0v) is 17.1. The molecule has 1 aliphatic carbocycles. The Morgan fingerprint density at radius 2 is 1.58 bits per heavy atom. The molecule has 1 saturated carbocycles. The summed E-state index contributed by atoms with van der Waals surface area (Å²) >= 11 is 0. The lowest BCUT2D eigenvalue weighted by atomic mass is 9.80. The predicted octanol–water partition coefficient (Wildman–Crippen LogP) is 3.83. The van der Waals surface area contributed by atoms with E-state index >= 15 is 0 Å². The molecule has 26 heavy (non-hydrogen) atoms. The van der Waals surface area contributed by atoms with E-state index in [-0.39, 0.29) is 26.1 Å². The molecular formula is C17H28FO7P. The van der Waals surface area contributed by atoms with E-state index in [1.54, 1.807) is 27.7 Å². The molecule has 0 aromatic carbocycles. The first-order valence-corrected chi connectivity index (χ1v) is 10.0.